The monoisotopic (exact) mass is 473 g/mol. The molecule has 0 radical (unpaired) electrons. The Morgan fingerprint density at radius 1 is 1.06 bits per heavy atom. The van der Waals surface area contributed by atoms with Gasteiger partial charge in [-0.3, -0.25) is 25.2 Å². The van der Waals surface area contributed by atoms with Crippen molar-refractivity contribution in [3.05, 3.63) is 67.4 Å². The van der Waals surface area contributed by atoms with Crippen LogP contribution < -0.4 is 16.4 Å². The van der Waals surface area contributed by atoms with Gasteiger partial charge in [0.25, 0.3) is 17.4 Å². The van der Waals surface area contributed by atoms with Crippen molar-refractivity contribution < 1.29 is 9.59 Å². The molecule has 0 atom stereocenters. The molecule has 0 unspecified atom stereocenters. The van der Waals surface area contributed by atoms with Crippen molar-refractivity contribution in [1.82, 2.24) is 25.6 Å². The Morgan fingerprint density at radius 3 is 2.45 bits per heavy atom. The van der Waals surface area contributed by atoms with E-state index in [-0.39, 0.29) is 11.3 Å². The molecule has 4 aromatic rings. The van der Waals surface area contributed by atoms with E-state index in [2.05, 4.69) is 20.9 Å². The predicted molar refractivity (Wildman–Crippen MR) is 122 cm³/mol. The molecule has 11 heteroatoms. The Balaban J connectivity index is 1.56. The Morgan fingerprint density at radius 2 is 1.77 bits per heavy atom. The number of hydrogen-bond donors (Lipinski definition) is 2. The van der Waals surface area contributed by atoms with Gasteiger partial charge in [0.1, 0.15) is 9.88 Å². The Hall–Kier alpha value is -3.08. The van der Waals surface area contributed by atoms with Crippen molar-refractivity contribution in [2.24, 2.45) is 0 Å². The maximum absolute atomic E-state index is 12.8. The van der Waals surface area contributed by atoms with Gasteiger partial charge >= 0.3 is 0 Å². The zero-order valence-electron chi connectivity index (χ0n) is 16.4. The number of nitrogens with zero attached hydrogens (tertiary/aromatic N) is 3. The quantitative estimate of drug-likeness (QED) is 0.440. The first-order chi connectivity index (χ1) is 14.9. The number of benzene rings is 1. The van der Waals surface area contributed by atoms with Gasteiger partial charge in [-0.2, -0.15) is 5.10 Å². The number of thiazole rings is 1. The van der Waals surface area contributed by atoms with Gasteiger partial charge in [-0.25, -0.2) is 9.67 Å². The molecule has 0 saturated carbocycles. The average Bonchev–Trinajstić information content (AvgIpc) is 3.38. The van der Waals surface area contributed by atoms with Crippen LogP contribution in [0.5, 0.6) is 0 Å². The minimum Gasteiger partial charge on any atom is -0.267 e. The number of hydrogen-bond acceptors (Lipinski definition) is 7. The largest absolute Gasteiger partial charge is 0.290 e. The van der Waals surface area contributed by atoms with Crippen LogP contribution in [0, 0.1) is 6.92 Å². The van der Waals surface area contributed by atoms with E-state index >= 15 is 0 Å². The molecular weight excluding hydrogens is 458 g/mol. The molecule has 2 N–H and O–H groups in total. The molecule has 0 aliphatic rings. The lowest BCUT2D eigenvalue weighted by Gasteiger charge is -2.10. The second kappa shape index (κ2) is 8.58. The highest BCUT2D eigenvalue weighted by molar-refractivity contribution is 7.24. The molecule has 0 bridgehead atoms. The number of rotatable bonds is 4. The van der Waals surface area contributed by atoms with E-state index in [0.717, 1.165) is 4.88 Å². The summed E-state index contributed by atoms with van der Waals surface area (Å²) in [7, 11) is 0. The first-order valence-corrected chi connectivity index (χ1v) is 11.2. The lowest BCUT2D eigenvalue weighted by Crippen LogP contribution is -2.42. The second-order valence-corrected chi connectivity index (χ2v) is 9.17. The summed E-state index contributed by atoms with van der Waals surface area (Å²) in [5.74, 6) is -1.12. The van der Waals surface area contributed by atoms with Crippen LogP contribution in [0.3, 0.4) is 0 Å². The summed E-state index contributed by atoms with van der Waals surface area (Å²) in [6.45, 7) is 3.79. The fraction of sp³-hybridized carbons (Fsp3) is 0.150. The number of fused-ring (bicyclic) bond motifs is 1. The number of aromatic nitrogens is 3. The van der Waals surface area contributed by atoms with E-state index in [1.165, 1.54) is 27.4 Å². The van der Waals surface area contributed by atoms with Crippen molar-refractivity contribution in [3.63, 3.8) is 0 Å². The van der Waals surface area contributed by atoms with Gasteiger partial charge in [0, 0.05) is 11.9 Å². The van der Waals surface area contributed by atoms with Crippen LogP contribution in [0.4, 0.5) is 0 Å². The highest BCUT2D eigenvalue weighted by Gasteiger charge is 2.20. The number of halogens is 1. The third-order valence-corrected chi connectivity index (χ3v) is 7.02. The molecule has 1 aromatic carbocycles. The summed E-state index contributed by atoms with van der Waals surface area (Å²) in [6, 6.07) is 10.3. The average molecular weight is 474 g/mol. The fourth-order valence-electron chi connectivity index (χ4n) is 2.99. The molecule has 0 aliphatic heterocycles. The first kappa shape index (κ1) is 21.2. The van der Waals surface area contributed by atoms with Crippen LogP contribution in [-0.2, 0) is 6.54 Å². The molecule has 3 aromatic heterocycles. The predicted octanol–water partition coefficient (Wildman–Crippen LogP) is 3.64. The molecule has 31 heavy (non-hydrogen) atoms. The van der Waals surface area contributed by atoms with Crippen molar-refractivity contribution in [1.29, 1.82) is 0 Å². The Kier molecular flexibility index (Phi) is 5.86. The topological polar surface area (TPSA) is 106 Å². The number of carbonyl (C=O) groups is 2. The molecule has 0 fully saturated rings. The second-order valence-electron chi connectivity index (χ2n) is 6.46. The Labute approximate surface area is 189 Å². The van der Waals surface area contributed by atoms with Gasteiger partial charge < -0.3 is 0 Å². The number of hydrazine groups is 1. The van der Waals surface area contributed by atoms with E-state index in [9.17, 15) is 14.4 Å². The van der Waals surface area contributed by atoms with Crippen LogP contribution in [0.25, 0.3) is 20.7 Å². The maximum Gasteiger partial charge on any atom is 0.290 e. The van der Waals surface area contributed by atoms with E-state index in [1.54, 1.807) is 44.2 Å². The Bertz CT molecular complexity index is 1370. The van der Waals surface area contributed by atoms with Gasteiger partial charge in [0.15, 0.2) is 5.69 Å². The van der Waals surface area contributed by atoms with E-state index in [0.29, 0.717) is 37.2 Å². The molecule has 158 valence electrons. The van der Waals surface area contributed by atoms with Crippen LogP contribution in [0.15, 0.2) is 41.2 Å². The summed E-state index contributed by atoms with van der Waals surface area (Å²) in [6.07, 6.45) is 0. The van der Waals surface area contributed by atoms with Crippen LogP contribution >= 0.6 is 34.3 Å². The first-order valence-electron chi connectivity index (χ1n) is 9.22. The molecule has 0 spiro atoms. The number of aryl methyl sites for hydroxylation is 2. The molecule has 0 aliphatic carbocycles. The lowest BCUT2D eigenvalue weighted by atomic mass is 10.1. The van der Waals surface area contributed by atoms with Crippen molar-refractivity contribution in [2.75, 3.05) is 0 Å². The third kappa shape index (κ3) is 4.09. The van der Waals surface area contributed by atoms with Crippen LogP contribution in [-0.4, -0.2) is 26.6 Å². The number of carbonyl (C=O) groups excluding carboxylic acids is 2. The fourth-order valence-corrected chi connectivity index (χ4v) is 5.05. The van der Waals surface area contributed by atoms with Crippen molar-refractivity contribution in [2.45, 2.75) is 20.4 Å². The van der Waals surface area contributed by atoms with Crippen LogP contribution in [0.1, 0.15) is 32.8 Å². The number of nitrogens with one attached hydrogen (secondary N) is 2. The van der Waals surface area contributed by atoms with E-state index in [4.69, 9.17) is 11.6 Å². The normalized spacial score (nSPS) is 10.9. The molecular formula is C20H16ClN5O3S2. The molecule has 8 nitrogen and oxygen atoms in total. The zero-order valence-corrected chi connectivity index (χ0v) is 18.8. The minimum absolute atomic E-state index is 0.0484. The van der Waals surface area contributed by atoms with Gasteiger partial charge in [-0.1, -0.05) is 29.8 Å². The van der Waals surface area contributed by atoms with E-state index < -0.39 is 11.8 Å². The molecule has 0 saturated heterocycles. The van der Waals surface area contributed by atoms with Gasteiger partial charge in [0.2, 0.25) is 0 Å². The van der Waals surface area contributed by atoms with Crippen molar-refractivity contribution >= 4 is 56.9 Å². The van der Waals surface area contributed by atoms with Gasteiger partial charge in [-0.15, -0.1) is 22.7 Å². The summed E-state index contributed by atoms with van der Waals surface area (Å²) < 4.78 is 1.85. The van der Waals surface area contributed by atoms with E-state index in [1.807, 2.05) is 6.07 Å². The highest BCUT2D eigenvalue weighted by atomic mass is 35.5. The SMILES string of the molecule is CCn1nc(C(=O)NNC(=O)c2sc(-c3ccc(Cl)s3)nc2C)c2ccccc2c1=O. The third-order valence-electron chi connectivity index (χ3n) is 4.46. The number of thiophene rings is 1. The summed E-state index contributed by atoms with van der Waals surface area (Å²) in [5, 5.41) is 5.62. The maximum atomic E-state index is 12.8. The number of amides is 2. The van der Waals surface area contributed by atoms with Gasteiger partial charge in [-0.05, 0) is 32.0 Å². The smallest absolute Gasteiger partial charge is 0.267 e. The zero-order chi connectivity index (χ0) is 22.1. The molecule has 4 rings (SSSR count). The summed E-state index contributed by atoms with van der Waals surface area (Å²) >= 11 is 8.56. The molecule has 2 amide bonds. The summed E-state index contributed by atoms with van der Waals surface area (Å²) in [4.78, 5) is 43.5. The van der Waals surface area contributed by atoms with Gasteiger partial charge in [0.05, 0.1) is 20.3 Å². The standard InChI is InChI=1S/C20H16ClN5O3S2/c1-3-26-20(29)12-7-5-4-6-11(12)15(25-26)17(27)23-24-18(28)16-10(2)22-19(31-16)13-8-9-14(21)30-13/h4-9H,3H2,1-2H3,(H,23,27)(H,24,28). The highest BCUT2D eigenvalue weighted by Crippen LogP contribution is 2.34. The lowest BCUT2D eigenvalue weighted by molar-refractivity contribution is 0.0845. The van der Waals surface area contributed by atoms with Crippen molar-refractivity contribution in [3.8, 4) is 9.88 Å². The molecule has 3 heterocycles. The van der Waals surface area contributed by atoms with Crippen LogP contribution in [0.2, 0.25) is 4.34 Å². The minimum atomic E-state index is -0.626. The summed E-state index contributed by atoms with van der Waals surface area (Å²) in [5.41, 5.74) is 5.10.